The molecule has 1 heterocycles. The zero-order valence-corrected chi connectivity index (χ0v) is 12.3. The number of hydrogen-bond acceptors (Lipinski definition) is 4. The van der Waals surface area contributed by atoms with Gasteiger partial charge in [-0.05, 0) is 37.5 Å². The highest BCUT2D eigenvalue weighted by molar-refractivity contribution is 6.30. The van der Waals surface area contributed by atoms with Crippen LogP contribution in [0, 0.1) is 11.3 Å². The fourth-order valence-electron chi connectivity index (χ4n) is 2.00. The molecular weight excluding hydrogens is 297 g/mol. The van der Waals surface area contributed by atoms with E-state index in [1.807, 2.05) is 6.07 Å². The molecule has 1 saturated heterocycles. The largest absolute Gasteiger partial charge is 0.489 e. The van der Waals surface area contributed by atoms with E-state index in [9.17, 15) is 4.39 Å². The molecule has 1 aliphatic rings. The number of hydrogen-bond donors (Lipinski definition) is 0. The van der Waals surface area contributed by atoms with Crippen LogP contribution in [-0.4, -0.2) is 32.3 Å². The van der Waals surface area contributed by atoms with Crippen molar-refractivity contribution >= 4 is 11.6 Å². The minimum atomic E-state index is -1.28. The van der Waals surface area contributed by atoms with E-state index >= 15 is 0 Å². The van der Waals surface area contributed by atoms with E-state index in [1.165, 1.54) is 6.07 Å². The lowest BCUT2D eigenvalue weighted by Crippen LogP contribution is -2.27. The van der Waals surface area contributed by atoms with Gasteiger partial charge in [-0.1, -0.05) is 11.6 Å². The highest BCUT2D eigenvalue weighted by Gasteiger charge is 2.17. The topological polar surface area (TPSA) is 51.5 Å². The Morgan fingerprint density at radius 2 is 2.29 bits per heavy atom. The summed E-state index contributed by atoms with van der Waals surface area (Å²) < 4.78 is 29.8. The summed E-state index contributed by atoms with van der Waals surface area (Å²) in [6, 6.07) is 6.59. The second kappa shape index (κ2) is 8.18. The molecule has 1 fully saturated rings. The first-order valence-electron chi connectivity index (χ1n) is 6.89. The predicted octanol–water partition coefficient (Wildman–Crippen LogP) is 3.47. The molecule has 0 bridgehead atoms. The number of nitrogens with zero attached hydrogens (tertiary/aromatic N) is 1. The van der Waals surface area contributed by atoms with Crippen LogP contribution in [0.25, 0.3) is 0 Å². The first-order chi connectivity index (χ1) is 10.2. The van der Waals surface area contributed by atoms with Crippen LogP contribution in [0.2, 0.25) is 5.02 Å². The summed E-state index contributed by atoms with van der Waals surface area (Å²) in [6.45, 7) is 0.400. The molecule has 0 amide bonds. The summed E-state index contributed by atoms with van der Waals surface area (Å²) in [5, 5.41) is 9.40. The lowest BCUT2D eigenvalue weighted by molar-refractivity contribution is -0.171. The Labute approximate surface area is 128 Å². The molecule has 0 saturated carbocycles. The first kappa shape index (κ1) is 16.0. The third-order valence-corrected chi connectivity index (χ3v) is 3.32. The Bertz CT molecular complexity index is 500. The van der Waals surface area contributed by atoms with Gasteiger partial charge in [-0.15, -0.1) is 0 Å². The van der Waals surface area contributed by atoms with Gasteiger partial charge in [0.1, 0.15) is 18.4 Å². The van der Waals surface area contributed by atoms with E-state index in [1.54, 1.807) is 12.1 Å². The first-order valence-corrected chi connectivity index (χ1v) is 7.26. The second-order valence-corrected chi connectivity index (χ2v) is 5.23. The fraction of sp³-hybridized carbons (Fsp3) is 0.533. The molecule has 1 unspecified atom stereocenters. The molecule has 114 valence electrons. The molecule has 1 aliphatic heterocycles. The van der Waals surface area contributed by atoms with Gasteiger partial charge in [0.25, 0.3) is 0 Å². The lowest BCUT2D eigenvalue weighted by Gasteiger charge is -2.23. The summed E-state index contributed by atoms with van der Waals surface area (Å²) in [4.78, 5) is 0. The van der Waals surface area contributed by atoms with Gasteiger partial charge in [-0.25, -0.2) is 4.39 Å². The Balaban J connectivity index is 1.76. The maximum atomic E-state index is 13.7. The molecule has 21 heavy (non-hydrogen) atoms. The Kier molecular flexibility index (Phi) is 6.24. The molecule has 0 radical (unpaired) electrons. The lowest BCUT2D eigenvalue weighted by atomic mass is 10.2. The summed E-state index contributed by atoms with van der Waals surface area (Å²) in [5.41, 5.74) is 0.284. The van der Waals surface area contributed by atoms with Crippen molar-refractivity contribution in [2.45, 2.75) is 31.7 Å². The number of ether oxygens (including phenoxy) is 3. The number of benzene rings is 1. The Hall–Kier alpha value is -1.35. The van der Waals surface area contributed by atoms with Crippen molar-refractivity contribution < 1.29 is 18.6 Å². The molecule has 1 aromatic rings. The van der Waals surface area contributed by atoms with Gasteiger partial charge >= 0.3 is 0 Å². The molecule has 0 spiro atoms. The summed E-state index contributed by atoms with van der Waals surface area (Å²) in [6.07, 6.45) is 1.26. The van der Waals surface area contributed by atoms with Gasteiger partial charge in [-0.2, -0.15) is 5.26 Å². The van der Waals surface area contributed by atoms with E-state index in [0.29, 0.717) is 17.4 Å². The fourth-order valence-corrected chi connectivity index (χ4v) is 2.17. The predicted molar refractivity (Wildman–Crippen MR) is 76.1 cm³/mol. The van der Waals surface area contributed by atoms with Crippen LogP contribution in [-0.2, 0) is 9.47 Å². The molecular formula is C15H17ClFNO3. The minimum absolute atomic E-state index is 0.0832. The third kappa shape index (κ3) is 5.16. The van der Waals surface area contributed by atoms with Crippen LogP contribution in [0.1, 0.15) is 24.8 Å². The van der Waals surface area contributed by atoms with Gasteiger partial charge in [0.05, 0.1) is 12.2 Å². The van der Waals surface area contributed by atoms with Crippen LogP contribution >= 0.6 is 11.6 Å². The number of nitriles is 1. The van der Waals surface area contributed by atoms with Gasteiger partial charge in [0, 0.05) is 11.6 Å². The average molecular weight is 314 g/mol. The van der Waals surface area contributed by atoms with E-state index in [0.717, 1.165) is 19.3 Å². The van der Waals surface area contributed by atoms with Crippen LogP contribution in [0.15, 0.2) is 18.2 Å². The quantitative estimate of drug-likeness (QED) is 0.807. The Morgan fingerprint density at radius 3 is 3.00 bits per heavy atom. The van der Waals surface area contributed by atoms with Crippen molar-refractivity contribution in [3.63, 3.8) is 0 Å². The summed E-state index contributed by atoms with van der Waals surface area (Å²) in [5.74, 6) is 0.318. The van der Waals surface area contributed by atoms with Crippen molar-refractivity contribution in [1.82, 2.24) is 0 Å². The van der Waals surface area contributed by atoms with Crippen LogP contribution < -0.4 is 4.74 Å². The van der Waals surface area contributed by atoms with Gasteiger partial charge in [-0.3, -0.25) is 0 Å². The number of alkyl halides is 1. The molecule has 6 heteroatoms. The zero-order valence-electron chi connectivity index (χ0n) is 11.6. The van der Waals surface area contributed by atoms with E-state index < -0.39 is 6.17 Å². The van der Waals surface area contributed by atoms with Gasteiger partial charge in [0.15, 0.2) is 12.5 Å². The maximum absolute atomic E-state index is 13.7. The second-order valence-electron chi connectivity index (χ2n) is 4.79. The SMILES string of the molecule is N#Cc1cc(Cl)ccc1OC[C@@H](F)COC1CCCCO1. The summed E-state index contributed by atoms with van der Waals surface area (Å²) >= 11 is 5.78. The highest BCUT2D eigenvalue weighted by atomic mass is 35.5. The summed E-state index contributed by atoms with van der Waals surface area (Å²) in [7, 11) is 0. The van der Waals surface area contributed by atoms with Crippen LogP contribution in [0.3, 0.4) is 0 Å². The van der Waals surface area contributed by atoms with Crippen molar-refractivity contribution in [2.24, 2.45) is 0 Å². The van der Waals surface area contributed by atoms with E-state index in [-0.39, 0.29) is 25.1 Å². The van der Waals surface area contributed by atoms with E-state index in [2.05, 4.69) is 0 Å². The normalized spacial score (nSPS) is 19.8. The molecule has 4 nitrogen and oxygen atoms in total. The Morgan fingerprint density at radius 1 is 1.43 bits per heavy atom. The standard InChI is InChI=1S/C15H17ClFNO3/c16-12-4-5-14(11(7-12)8-18)20-9-13(17)10-21-15-3-1-2-6-19-15/h4-5,7,13,15H,1-3,6,9-10H2/t13-,15?/m1/s1. The van der Waals surface area contributed by atoms with Crippen LogP contribution in [0.4, 0.5) is 4.39 Å². The molecule has 0 aromatic heterocycles. The number of halogens is 2. The highest BCUT2D eigenvalue weighted by Crippen LogP contribution is 2.22. The molecule has 1 aromatic carbocycles. The van der Waals surface area contributed by atoms with Crippen molar-refractivity contribution in [3.8, 4) is 11.8 Å². The average Bonchev–Trinajstić information content (AvgIpc) is 2.52. The minimum Gasteiger partial charge on any atom is -0.489 e. The molecule has 2 rings (SSSR count). The zero-order chi connectivity index (χ0) is 15.1. The van der Waals surface area contributed by atoms with Crippen molar-refractivity contribution in [2.75, 3.05) is 19.8 Å². The molecule has 0 N–H and O–H groups in total. The monoisotopic (exact) mass is 313 g/mol. The van der Waals surface area contributed by atoms with Crippen molar-refractivity contribution in [3.05, 3.63) is 28.8 Å². The molecule has 2 atom stereocenters. The van der Waals surface area contributed by atoms with E-state index in [4.69, 9.17) is 31.1 Å². The smallest absolute Gasteiger partial charge is 0.157 e. The van der Waals surface area contributed by atoms with Gasteiger partial charge in [0.2, 0.25) is 0 Å². The molecule has 0 aliphatic carbocycles. The van der Waals surface area contributed by atoms with Crippen LogP contribution in [0.5, 0.6) is 5.75 Å². The third-order valence-electron chi connectivity index (χ3n) is 3.08. The van der Waals surface area contributed by atoms with Gasteiger partial charge < -0.3 is 14.2 Å². The maximum Gasteiger partial charge on any atom is 0.157 e. The van der Waals surface area contributed by atoms with Crippen molar-refractivity contribution in [1.29, 1.82) is 5.26 Å². The number of rotatable bonds is 6.